The zero-order chi connectivity index (χ0) is 14.4. The van der Waals surface area contributed by atoms with Gasteiger partial charge in [-0.1, -0.05) is 6.08 Å². The number of likely N-dealkylation sites (tertiary alicyclic amines) is 1. The summed E-state index contributed by atoms with van der Waals surface area (Å²) < 4.78 is 4.57. The molecule has 1 aliphatic heterocycles. The summed E-state index contributed by atoms with van der Waals surface area (Å²) in [5, 5.41) is 2.90. The van der Waals surface area contributed by atoms with Gasteiger partial charge in [0.2, 0.25) is 0 Å². The Morgan fingerprint density at radius 3 is 3.00 bits per heavy atom. The van der Waals surface area contributed by atoms with E-state index in [1.165, 1.54) is 32.1 Å². The predicted molar refractivity (Wildman–Crippen MR) is 76.0 cm³/mol. The van der Waals surface area contributed by atoms with Crippen LogP contribution in [0.4, 0.5) is 4.79 Å². The molecule has 2 aliphatic rings. The number of fused-ring (bicyclic) bond motifs is 1. The molecule has 20 heavy (non-hydrogen) atoms. The topological polar surface area (TPSA) is 58.6 Å². The van der Waals surface area contributed by atoms with Crippen LogP contribution < -0.4 is 5.32 Å². The minimum atomic E-state index is -0.229. The third-order valence-corrected chi connectivity index (χ3v) is 4.08. The van der Waals surface area contributed by atoms with Crippen LogP contribution >= 0.6 is 0 Å². The molecule has 5 heteroatoms. The van der Waals surface area contributed by atoms with Crippen molar-refractivity contribution in [1.29, 1.82) is 0 Å². The first kappa shape index (κ1) is 14.9. The summed E-state index contributed by atoms with van der Waals surface area (Å²) in [7, 11) is 1.38. The SMILES string of the molecule is COC(=O)CCCNC(=O)N1CCCC2CCCC=C21. The molecule has 0 aromatic carbocycles. The summed E-state index contributed by atoms with van der Waals surface area (Å²) in [5.41, 5.74) is 1.22. The molecule has 0 spiro atoms. The lowest BCUT2D eigenvalue weighted by Gasteiger charge is -2.37. The van der Waals surface area contributed by atoms with E-state index in [0.29, 0.717) is 25.3 Å². The maximum atomic E-state index is 12.2. The minimum absolute atomic E-state index is 0.0206. The fraction of sp³-hybridized carbons (Fsp3) is 0.733. The Bertz CT molecular complexity index is 393. The molecule has 2 amide bonds. The van der Waals surface area contributed by atoms with E-state index in [2.05, 4.69) is 16.1 Å². The minimum Gasteiger partial charge on any atom is -0.469 e. The Kier molecular flexibility index (Phi) is 5.44. The average molecular weight is 280 g/mol. The van der Waals surface area contributed by atoms with Crippen LogP contribution in [0.3, 0.4) is 0 Å². The van der Waals surface area contributed by atoms with Crippen LogP contribution in [0.5, 0.6) is 0 Å². The number of amides is 2. The van der Waals surface area contributed by atoms with Crippen LogP contribution in [-0.2, 0) is 9.53 Å². The monoisotopic (exact) mass is 280 g/mol. The van der Waals surface area contributed by atoms with E-state index in [-0.39, 0.29) is 12.0 Å². The van der Waals surface area contributed by atoms with Gasteiger partial charge in [-0.25, -0.2) is 4.79 Å². The number of hydrogen-bond acceptors (Lipinski definition) is 3. The van der Waals surface area contributed by atoms with Crippen LogP contribution in [0, 0.1) is 5.92 Å². The van der Waals surface area contributed by atoms with Gasteiger partial charge in [0.1, 0.15) is 0 Å². The van der Waals surface area contributed by atoms with Gasteiger partial charge >= 0.3 is 12.0 Å². The summed E-state index contributed by atoms with van der Waals surface area (Å²) in [6.45, 7) is 1.33. The highest BCUT2D eigenvalue weighted by atomic mass is 16.5. The lowest BCUT2D eigenvalue weighted by molar-refractivity contribution is -0.140. The van der Waals surface area contributed by atoms with Gasteiger partial charge in [-0.3, -0.25) is 9.69 Å². The van der Waals surface area contributed by atoms with Crippen molar-refractivity contribution in [2.75, 3.05) is 20.2 Å². The molecule has 0 bridgehead atoms. The maximum Gasteiger partial charge on any atom is 0.321 e. The summed E-state index contributed by atoms with van der Waals surface area (Å²) >= 11 is 0. The number of allylic oxidation sites excluding steroid dienone is 2. The van der Waals surface area contributed by atoms with E-state index in [9.17, 15) is 9.59 Å². The molecule has 0 radical (unpaired) electrons. The standard InChI is InChI=1S/C15H24N2O3/c1-20-14(18)9-4-10-16-15(19)17-11-5-7-12-6-2-3-8-13(12)17/h8,12H,2-7,9-11H2,1H3,(H,16,19). The fourth-order valence-corrected chi connectivity index (χ4v) is 3.02. The van der Waals surface area contributed by atoms with Gasteiger partial charge in [-0.05, 0) is 44.4 Å². The van der Waals surface area contributed by atoms with E-state index >= 15 is 0 Å². The third kappa shape index (κ3) is 3.74. The van der Waals surface area contributed by atoms with Gasteiger partial charge in [0.05, 0.1) is 7.11 Å². The van der Waals surface area contributed by atoms with Crippen LogP contribution in [-0.4, -0.2) is 37.1 Å². The number of nitrogens with zero attached hydrogens (tertiary/aromatic N) is 1. The predicted octanol–water partition coefficient (Wildman–Crippen LogP) is 2.43. The first-order valence-corrected chi connectivity index (χ1v) is 7.54. The molecule has 1 fully saturated rings. The first-order chi connectivity index (χ1) is 9.72. The van der Waals surface area contributed by atoms with Gasteiger partial charge < -0.3 is 10.1 Å². The maximum absolute atomic E-state index is 12.2. The van der Waals surface area contributed by atoms with E-state index < -0.39 is 0 Å². The highest BCUT2D eigenvalue weighted by Crippen LogP contribution is 2.34. The molecule has 0 aromatic rings. The van der Waals surface area contributed by atoms with Crippen LogP contribution in [0.15, 0.2) is 11.8 Å². The second-order valence-electron chi connectivity index (χ2n) is 5.46. The Balaban J connectivity index is 1.79. The Labute approximate surface area is 120 Å². The highest BCUT2D eigenvalue weighted by Gasteiger charge is 2.29. The molecule has 2 rings (SSSR count). The zero-order valence-corrected chi connectivity index (χ0v) is 12.2. The molecular weight excluding hydrogens is 256 g/mol. The number of methoxy groups -OCH3 is 1. The van der Waals surface area contributed by atoms with Gasteiger partial charge in [0.25, 0.3) is 0 Å². The second kappa shape index (κ2) is 7.31. The van der Waals surface area contributed by atoms with Crippen LogP contribution in [0.25, 0.3) is 0 Å². The largest absolute Gasteiger partial charge is 0.469 e. The van der Waals surface area contributed by atoms with Crippen molar-refractivity contribution in [3.05, 3.63) is 11.8 Å². The van der Waals surface area contributed by atoms with Crippen molar-refractivity contribution in [3.8, 4) is 0 Å². The van der Waals surface area contributed by atoms with Crippen molar-refractivity contribution in [1.82, 2.24) is 10.2 Å². The van der Waals surface area contributed by atoms with Crippen LogP contribution in [0.2, 0.25) is 0 Å². The molecule has 1 unspecified atom stereocenters. The fourth-order valence-electron chi connectivity index (χ4n) is 3.02. The number of rotatable bonds is 4. The number of ether oxygens (including phenoxy) is 1. The molecule has 1 heterocycles. The van der Waals surface area contributed by atoms with Crippen molar-refractivity contribution in [3.63, 3.8) is 0 Å². The van der Waals surface area contributed by atoms with E-state index in [1.54, 1.807) is 0 Å². The lowest BCUT2D eigenvalue weighted by atomic mass is 9.85. The summed E-state index contributed by atoms with van der Waals surface area (Å²) in [6.07, 6.45) is 9.01. The van der Waals surface area contributed by atoms with Crippen molar-refractivity contribution >= 4 is 12.0 Å². The van der Waals surface area contributed by atoms with E-state index in [0.717, 1.165) is 19.4 Å². The summed E-state index contributed by atoms with van der Waals surface area (Å²) in [6, 6.07) is -0.0206. The zero-order valence-electron chi connectivity index (χ0n) is 12.2. The first-order valence-electron chi connectivity index (χ1n) is 7.54. The number of carbonyl (C=O) groups is 2. The molecule has 1 N–H and O–H groups in total. The Morgan fingerprint density at radius 2 is 2.20 bits per heavy atom. The van der Waals surface area contributed by atoms with Crippen molar-refractivity contribution < 1.29 is 14.3 Å². The quantitative estimate of drug-likeness (QED) is 0.635. The van der Waals surface area contributed by atoms with E-state index in [1.807, 2.05) is 4.90 Å². The van der Waals surface area contributed by atoms with Gasteiger partial charge in [-0.2, -0.15) is 0 Å². The average Bonchev–Trinajstić information content (AvgIpc) is 2.50. The second-order valence-corrected chi connectivity index (χ2v) is 5.46. The van der Waals surface area contributed by atoms with Crippen molar-refractivity contribution in [2.24, 2.45) is 5.92 Å². The van der Waals surface area contributed by atoms with E-state index in [4.69, 9.17) is 0 Å². The molecule has 0 aromatic heterocycles. The number of carbonyl (C=O) groups excluding carboxylic acids is 2. The number of hydrogen-bond donors (Lipinski definition) is 1. The van der Waals surface area contributed by atoms with Gasteiger partial charge in [0, 0.05) is 25.2 Å². The smallest absolute Gasteiger partial charge is 0.321 e. The van der Waals surface area contributed by atoms with Gasteiger partial charge in [-0.15, -0.1) is 0 Å². The molecule has 0 saturated carbocycles. The Hall–Kier alpha value is -1.52. The number of piperidine rings is 1. The van der Waals surface area contributed by atoms with Gasteiger partial charge in [0.15, 0.2) is 0 Å². The summed E-state index contributed by atoms with van der Waals surface area (Å²) in [5.74, 6) is 0.339. The molecule has 1 aliphatic carbocycles. The normalized spacial score (nSPS) is 21.8. The molecule has 5 nitrogen and oxygen atoms in total. The van der Waals surface area contributed by atoms with Crippen molar-refractivity contribution in [2.45, 2.75) is 44.9 Å². The lowest BCUT2D eigenvalue weighted by Crippen LogP contribution is -2.44. The third-order valence-electron chi connectivity index (χ3n) is 4.08. The molecule has 1 saturated heterocycles. The highest BCUT2D eigenvalue weighted by molar-refractivity contribution is 5.76. The number of esters is 1. The number of urea groups is 1. The number of nitrogens with one attached hydrogen (secondary N) is 1. The molecule has 1 atom stereocenters. The molecular formula is C15H24N2O3. The molecule has 112 valence electrons. The summed E-state index contributed by atoms with van der Waals surface area (Å²) in [4.78, 5) is 25.1. The van der Waals surface area contributed by atoms with Crippen LogP contribution in [0.1, 0.15) is 44.9 Å². The Morgan fingerprint density at radius 1 is 1.40 bits per heavy atom.